The summed E-state index contributed by atoms with van der Waals surface area (Å²) in [4.78, 5) is 0. The summed E-state index contributed by atoms with van der Waals surface area (Å²) in [7, 11) is 0. The van der Waals surface area contributed by atoms with Gasteiger partial charge in [0.05, 0.1) is 0 Å². The normalized spacial score (nSPS) is 21.5. The molecule has 3 aromatic rings. The second-order valence-corrected chi connectivity index (χ2v) is 8.24. The van der Waals surface area contributed by atoms with Gasteiger partial charge in [-0.25, -0.2) is 0 Å². The number of thiophene rings is 1. The Bertz CT molecular complexity index is 774. The molecular formula is C15H17N5S2. The maximum atomic E-state index is 4.66. The van der Waals surface area contributed by atoms with Crippen molar-refractivity contribution in [3.8, 4) is 11.4 Å². The molecule has 114 valence electrons. The molecule has 0 aliphatic carbocycles. The molecule has 1 N–H and O–H groups in total. The third kappa shape index (κ3) is 2.59. The van der Waals surface area contributed by atoms with Gasteiger partial charge < -0.3 is 5.32 Å². The first-order chi connectivity index (χ1) is 10.7. The molecular weight excluding hydrogens is 314 g/mol. The van der Waals surface area contributed by atoms with Crippen LogP contribution in [-0.4, -0.2) is 36.9 Å². The molecule has 0 bridgehead atoms. The molecule has 0 spiro atoms. The van der Waals surface area contributed by atoms with Crippen molar-refractivity contribution >= 4 is 34.6 Å². The van der Waals surface area contributed by atoms with Crippen molar-refractivity contribution in [2.75, 3.05) is 17.6 Å². The fourth-order valence-corrected chi connectivity index (χ4v) is 4.59. The fourth-order valence-electron chi connectivity index (χ4n) is 2.71. The number of fused-ring (bicyclic) bond motifs is 1. The first-order valence-electron chi connectivity index (χ1n) is 7.36. The van der Waals surface area contributed by atoms with E-state index in [1.165, 1.54) is 18.6 Å². The topological polar surface area (TPSA) is 55.1 Å². The monoisotopic (exact) mass is 331 g/mol. The van der Waals surface area contributed by atoms with Crippen LogP contribution in [0.2, 0.25) is 0 Å². The third-order valence-corrected chi connectivity index (χ3v) is 6.21. The number of nitrogens with one attached hydrogen (secondary N) is 1. The summed E-state index contributed by atoms with van der Waals surface area (Å²) < 4.78 is 2.13. The Kier molecular flexibility index (Phi) is 3.54. The predicted molar refractivity (Wildman–Crippen MR) is 92.7 cm³/mol. The Labute approximate surface area is 137 Å². The number of anilines is 1. The standard InChI is InChI=1S/C15H17N5S2/c1-15(6-2-7-22-15)10-16-12-3-4-13-17-18-14(20(13)19-12)11-5-8-21-9-11/h3-5,8-9H,2,6-7,10H2,1H3,(H,16,19). The predicted octanol–water partition coefficient (Wildman–Crippen LogP) is 3.55. The van der Waals surface area contributed by atoms with Crippen molar-refractivity contribution in [1.82, 2.24) is 19.8 Å². The zero-order valence-corrected chi connectivity index (χ0v) is 14.0. The maximum absolute atomic E-state index is 4.66. The minimum absolute atomic E-state index is 0.319. The lowest BCUT2D eigenvalue weighted by molar-refractivity contribution is 0.633. The maximum Gasteiger partial charge on any atom is 0.186 e. The molecule has 0 radical (unpaired) electrons. The molecule has 7 heteroatoms. The molecule has 22 heavy (non-hydrogen) atoms. The Morgan fingerprint density at radius 2 is 2.27 bits per heavy atom. The highest BCUT2D eigenvalue weighted by molar-refractivity contribution is 8.00. The molecule has 0 aromatic carbocycles. The smallest absolute Gasteiger partial charge is 0.186 e. The van der Waals surface area contributed by atoms with E-state index in [2.05, 4.69) is 44.7 Å². The van der Waals surface area contributed by atoms with Crippen LogP contribution in [-0.2, 0) is 0 Å². The van der Waals surface area contributed by atoms with E-state index >= 15 is 0 Å². The zero-order valence-electron chi connectivity index (χ0n) is 12.3. The first kappa shape index (κ1) is 14.0. The van der Waals surface area contributed by atoms with Gasteiger partial charge in [0.2, 0.25) is 0 Å². The lowest BCUT2D eigenvalue weighted by atomic mass is 10.1. The van der Waals surface area contributed by atoms with Crippen LogP contribution in [0.4, 0.5) is 5.82 Å². The SMILES string of the molecule is CC1(CNc2ccc3nnc(-c4ccsc4)n3n2)CCCS1. The minimum Gasteiger partial charge on any atom is -0.367 e. The van der Waals surface area contributed by atoms with E-state index in [-0.39, 0.29) is 0 Å². The molecule has 0 saturated carbocycles. The molecule has 1 fully saturated rings. The summed E-state index contributed by atoms with van der Waals surface area (Å²) in [5.41, 5.74) is 1.83. The summed E-state index contributed by atoms with van der Waals surface area (Å²) in [6, 6.07) is 5.98. The van der Waals surface area contributed by atoms with Gasteiger partial charge in [0, 0.05) is 22.2 Å². The number of hydrogen-bond donors (Lipinski definition) is 1. The second-order valence-electron chi connectivity index (χ2n) is 5.78. The van der Waals surface area contributed by atoms with E-state index in [4.69, 9.17) is 0 Å². The van der Waals surface area contributed by atoms with E-state index < -0.39 is 0 Å². The van der Waals surface area contributed by atoms with Crippen LogP contribution in [0.5, 0.6) is 0 Å². The van der Waals surface area contributed by atoms with Crippen molar-refractivity contribution in [2.24, 2.45) is 0 Å². The van der Waals surface area contributed by atoms with Crippen molar-refractivity contribution < 1.29 is 0 Å². The van der Waals surface area contributed by atoms with Crippen LogP contribution >= 0.6 is 23.1 Å². The zero-order chi connectivity index (χ0) is 15.0. The summed E-state index contributed by atoms with van der Waals surface area (Å²) in [5.74, 6) is 2.93. The van der Waals surface area contributed by atoms with Crippen LogP contribution in [0, 0.1) is 0 Å². The molecule has 1 saturated heterocycles. The number of aromatic nitrogens is 4. The highest BCUT2D eigenvalue weighted by Crippen LogP contribution is 2.37. The third-order valence-electron chi connectivity index (χ3n) is 3.99. The number of thioether (sulfide) groups is 1. The van der Waals surface area contributed by atoms with Gasteiger partial charge in [0.15, 0.2) is 11.5 Å². The van der Waals surface area contributed by atoms with Gasteiger partial charge in [-0.1, -0.05) is 0 Å². The van der Waals surface area contributed by atoms with Crippen molar-refractivity contribution in [3.63, 3.8) is 0 Å². The lowest BCUT2D eigenvalue weighted by Crippen LogP contribution is -2.27. The molecule has 5 nitrogen and oxygen atoms in total. The van der Waals surface area contributed by atoms with Crippen LogP contribution in [0.1, 0.15) is 19.8 Å². The quantitative estimate of drug-likeness (QED) is 0.792. The number of hydrogen-bond acceptors (Lipinski definition) is 6. The van der Waals surface area contributed by atoms with E-state index in [0.29, 0.717) is 4.75 Å². The Morgan fingerprint density at radius 3 is 3.05 bits per heavy atom. The molecule has 4 heterocycles. The minimum atomic E-state index is 0.319. The molecule has 4 rings (SSSR count). The summed E-state index contributed by atoms with van der Waals surface area (Å²) in [6.07, 6.45) is 2.57. The number of rotatable bonds is 4. The van der Waals surface area contributed by atoms with Gasteiger partial charge in [0.25, 0.3) is 0 Å². The van der Waals surface area contributed by atoms with Crippen molar-refractivity contribution in [1.29, 1.82) is 0 Å². The Morgan fingerprint density at radius 1 is 1.32 bits per heavy atom. The molecule has 1 atom stereocenters. The van der Waals surface area contributed by atoms with Crippen LogP contribution in [0.25, 0.3) is 17.0 Å². The van der Waals surface area contributed by atoms with E-state index in [0.717, 1.165) is 29.4 Å². The van der Waals surface area contributed by atoms with Gasteiger partial charge in [-0.15, -0.1) is 15.3 Å². The van der Waals surface area contributed by atoms with Crippen molar-refractivity contribution in [2.45, 2.75) is 24.5 Å². The van der Waals surface area contributed by atoms with Gasteiger partial charge in [-0.05, 0) is 49.1 Å². The lowest BCUT2D eigenvalue weighted by Gasteiger charge is -2.23. The Balaban J connectivity index is 1.61. The highest BCUT2D eigenvalue weighted by atomic mass is 32.2. The van der Waals surface area contributed by atoms with Crippen molar-refractivity contribution in [3.05, 3.63) is 29.0 Å². The average Bonchev–Trinajstić information content (AvgIpc) is 3.25. The van der Waals surface area contributed by atoms with Gasteiger partial charge in [-0.3, -0.25) is 0 Å². The molecule has 0 amide bonds. The molecule has 1 aliphatic heterocycles. The van der Waals surface area contributed by atoms with Gasteiger partial charge >= 0.3 is 0 Å². The van der Waals surface area contributed by atoms with Crippen LogP contribution in [0.15, 0.2) is 29.0 Å². The number of nitrogens with zero attached hydrogens (tertiary/aromatic N) is 4. The largest absolute Gasteiger partial charge is 0.367 e. The average molecular weight is 331 g/mol. The molecule has 3 aromatic heterocycles. The molecule has 1 aliphatic rings. The van der Waals surface area contributed by atoms with Crippen LogP contribution in [0.3, 0.4) is 0 Å². The second kappa shape index (κ2) is 5.55. The van der Waals surface area contributed by atoms with E-state index in [1.54, 1.807) is 11.3 Å². The van der Waals surface area contributed by atoms with Gasteiger partial charge in [0.1, 0.15) is 5.82 Å². The van der Waals surface area contributed by atoms with Crippen LogP contribution < -0.4 is 5.32 Å². The Hall–Kier alpha value is -1.60. The molecule has 1 unspecified atom stereocenters. The van der Waals surface area contributed by atoms with E-state index in [1.807, 2.05) is 28.1 Å². The highest BCUT2D eigenvalue weighted by Gasteiger charge is 2.29. The summed E-state index contributed by atoms with van der Waals surface area (Å²) in [6.45, 7) is 3.26. The summed E-state index contributed by atoms with van der Waals surface area (Å²) >= 11 is 3.70. The first-order valence-corrected chi connectivity index (χ1v) is 9.29. The van der Waals surface area contributed by atoms with Gasteiger partial charge in [-0.2, -0.15) is 27.6 Å². The fraction of sp³-hybridized carbons (Fsp3) is 0.400. The summed E-state index contributed by atoms with van der Waals surface area (Å²) in [5, 5.41) is 20.7. The van der Waals surface area contributed by atoms with E-state index in [9.17, 15) is 0 Å².